The fourth-order valence-electron chi connectivity index (χ4n) is 2.99. The molecule has 1 aromatic rings. The van der Waals surface area contributed by atoms with Gasteiger partial charge in [-0.05, 0) is 32.0 Å². The normalized spacial score (nSPS) is 20.7. The van der Waals surface area contributed by atoms with Crippen LogP contribution in [0.2, 0.25) is 0 Å². The summed E-state index contributed by atoms with van der Waals surface area (Å²) in [6.45, 7) is 5.25. The number of aromatic nitrogens is 1. The molecule has 3 heterocycles. The molecule has 0 radical (unpaired) electrons. The maximum absolute atomic E-state index is 12.7. The van der Waals surface area contributed by atoms with Gasteiger partial charge in [-0.3, -0.25) is 0 Å². The number of hydrogen-bond donors (Lipinski definition) is 1. The summed E-state index contributed by atoms with van der Waals surface area (Å²) in [7, 11) is 0. The molecular weight excluding hydrogens is 291 g/mol. The lowest BCUT2D eigenvalue weighted by atomic mass is 9.79. The number of alkyl halides is 3. The van der Waals surface area contributed by atoms with Crippen LogP contribution in [0.5, 0.6) is 0 Å². The van der Waals surface area contributed by atoms with Crippen LogP contribution in [0.3, 0.4) is 0 Å². The number of rotatable bonds is 1. The number of anilines is 1. The molecule has 2 aliphatic rings. The van der Waals surface area contributed by atoms with Crippen LogP contribution in [-0.2, 0) is 6.18 Å². The molecule has 2 fully saturated rings. The Labute approximate surface area is 122 Å². The lowest BCUT2D eigenvalue weighted by molar-refractivity contribution is -0.141. The molecule has 1 N–H and O–H groups in total. The fourth-order valence-corrected chi connectivity index (χ4v) is 2.99. The molecule has 2 saturated heterocycles. The standard InChI is InChI=1S/C13H16F3N3.ClH/c1-9-4-10(5-11(18-9)13(14,15)16)19-7-12(8-19)2-3-17-6-12;/h4-5,17H,2-3,6-8H2,1H3;1H. The van der Waals surface area contributed by atoms with Gasteiger partial charge in [0.2, 0.25) is 0 Å². The van der Waals surface area contributed by atoms with Gasteiger partial charge < -0.3 is 10.2 Å². The van der Waals surface area contributed by atoms with E-state index < -0.39 is 11.9 Å². The Kier molecular flexibility index (Phi) is 3.90. The smallest absolute Gasteiger partial charge is 0.370 e. The van der Waals surface area contributed by atoms with Gasteiger partial charge in [0.15, 0.2) is 0 Å². The first-order chi connectivity index (χ1) is 8.88. The van der Waals surface area contributed by atoms with E-state index >= 15 is 0 Å². The molecule has 3 nitrogen and oxygen atoms in total. The van der Waals surface area contributed by atoms with Crippen molar-refractivity contribution in [1.82, 2.24) is 10.3 Å². The van der Waals surface area contributed by atoms with Crippen LogP contribution in [0, 0.1) is 12.3 Å². The lowest BCUT2D eigenvalue weighted by Gasteiger charge is -2.49. The summed E-state index contributed by atoms with van der Waals surface area (Å²) in [5.41, 5.74) is 0.524. The second kappa shape index (κ2) is 5.07. The van der Waals surface area contributed by atoms with Gasteiger partial charge in [0.05, 0.1) is 0 Å². The van der Waals surface area contributed by atoms with Gasteiger partial charge in [-0.15, -0.1) is 12.4 Å². The highest BCUT2D eigenvalue weighted by Gasteiger charge is 2.45. The maximum Gasteiger partial charge on any atom is 0.433 e. The molecule has 3 rings (SSSR count). The van der Waals surface area contributed by atoms with Crippen molar-refractivity contribution in [1.29, 1.82) is 0 Å². The average Bonchev–Trinajstić information content (AvgIpc) is 2.73. The van der Waals surface area contributed by atoms with E-state index in [0.29, 0.717) is 11.4 Å². The number of aryl methyl sites for hydroxylation is 1. The summed E-state index contributed by atoms with van der Waals surface area (Å²) >= 11 is 0. The zero-order valence-corrected chi connectivity index (χ0v) is 11.9. The molecule has 0 aromatic carbocycles. The van der Waals surface area contributed by atoms with Crippen molar-refractivity contribution in [2.24, 2.45) is 5.41 Å². The van der Waals surface area contributed by atoms with Gasteiger partial charge in [-0.1, -0.05) is 0 Å². The molecule has 0 amide bonds. The minimum Gasteiger partial charge on any atom is -0.370 e. The molecule has 0 aliphatic carbocycles. The van der Waals surface area contributed by atoms with E-state index in [0.717, 1.165) is 38.7 Å². The van der Waals surface area contributed by atoms with Gasteiger partial charge in [0.25, 0.3) is 0 Å². The van der Waals surface area contributed by atoms with Crippen LogP contribution in [0.4, 0.5) is 18.9 Å². The Balaban J connectivity index is 0.00000147. The van der Waals surface area contributed by atoms with E-state index in [2.05, 4.69) is 10.3 Å². The van der Waals surface area contributed by atoms with Crippen molar-refractivity contribution in [3.63, 3.8) is 0 Å². The van der Waals surface area contributed by atoms with Crippen molar-refractivity contribution in [2.45, 2.75) is 19.5 Å². The number of hydrogen-bond acceptors (Lipinski definition) is 3. The Bertz CT molecular complexity index is 490. The van der Waals surface area contributed by atoms with Crippen molar-refractivity contribution >= 4 is 18.1 Å². The molecule has 1 aromatic heterocycles. The number of halogens is 4. The number of nitrogens with one attached hydrogen (secondary N) is 1. The zero-order valence-electron chi connectivity index (χ0n) is 11.1. The highest BCUT2D eigenvalue weighted by Crippen LogP contribution is 2.40. The van der Waals surface area contributed by atoms with Crippen LogP contribution in [-0.4, -0.2) is 31.2 Å². The molecule has 20 heavy (non-hydrogen) atoms. The Hall–Kier alpha value is -1.01. The predicted octanol–water partition coefficient (Wildman–Crippen LogP) is 2.63. The summed E-state index contributed by atoms with van der Waals surface area (Å²) in [5.74, 6) is 0. The van der Waals surface area contributed by atoms with E-state index in [-0.39, 0.29) is 17.8 Å². The molecule has 7 heteroatoms. The van der Waals surface area contributed by atoms with E-state index in [9.17, 15) is 13.2 Å². The van der Waals surface area contributed by atoms with Gasteiger partial charge in [-0.2, -0.15) is 13.2 Å². The highest BCUT2D eigenvalue weighted by atomic mass is 35.5. The van der Waals surface area contributed by atoms with Crippen LogP contribution < -0.4 is 10.2 Å². The van der Waals surface area contributed by atoms with E-state index in [1.807, 2.05) is 4.90 Å². The molecule has 0 bridgehead atoms. The summed E-state index contributed by atoms with van der Waals surface area (Å²) in [4.78, 5) is 5.58. The van der Waals surface area contributed by atoms with E-state index in [1.165, 1.54) is 0 Å². The second-order valence-electron chi connectivity index (χ2n) is 5.63. The summed E-state index contributed by atoms with van der Waals surface area (Å²) in [6.07, 6.45) is -3.27. The zero-order chi connectivity index (χ0) is 13.7. The van der Waals surface area contributed by atoms with Crippen molar-refractivity contribution in [3.05, 3.63) is 23.5 Å². The Morgan fingerprint density at radius 1 is 1.30 bits per heavy atom. The monoisotopic (exact) mass is 307 g/mol. The van der Waals surface area contributed by atoms with Crippen LogP contribution in [0.15, 0.2) is 12.1 Å². The molecule has 0 atom stereocenters. The molecule has 0 unspecified atom stereocenters. The molecule has 1 spiro atoms. The third-order valence-electron chi connectivity index (χ3n) is 3.98. The number of pyridine rings is 1. The summed E-state index contributed by atoms with van der Waals surface area (Å²) < 4.78 is 38.2. The highest BCUT2D eigenvalue weighted by molar-refractivity contribution is 5.85. The van der Waals surface area contributed by atoms with Crippen molar-refractivity contribution in [3.8, 4) is 0 Å². The van der Waals surface area contributed by atoms with Crippen LogP contribution in [0.1, 0.15) is 17.8 Å². The van der Waals surface area contributed by atoms with E-state index in [4.69, 9.17) is 0 Å². The average molecular weight is 308 g/mol. The number of nitrogens with zero attached hydrogens (tertiary/aromatic N) is 2. The Morgan fingerprint density at radius 3 is 2.55 bits per heavy atom. The predicted molar refractivity (Wildman–Crippen MR) is 73.4 cm³/mol. The second-order valence-corrected chi connectivity index (χ2v) is 5.63. The van der Waals surface area contributed by atoms with Gasteiger partial charge >= 0.3 is 6.18 Å². The largest absolute Gasteiger partial charge is 0.433 e. The van der Waals surface area contributed by atoms with Crippen molar-refractivity contribution < 1.29 is 13.2 Å². The van der Waals surface area contributed by atoms with Gasteiger partial charge in [-0.25, -0.2) is 4.98 Å². The van der Waals surface area contributed by atoms with Crippen LogP contribution in [0.25, 0.3) is 0 Å². The Morgan fingerprint density at radius 2 is 2.00 bits per heavy atom. The lowest BCUT2D eigenvalue weighted by Crippen LogP contribution is -2.57. The van der Waals surface area contributed by atoms with Gasteiger partial charge in [0.1, 0.15) is 5.69 Å². The first-order valence-electron chi connectivity index (χ1n) is 6.40. The third-order valence-corrected chi connectivity index (χ3v) is 3.98. The van der Waals surface area contributed by atoms with Gasteiger partial charge in [0, 0.05) is 36.4 Å². The van der Waals surface area contributed by atoms with E-state index in [1.54, 1.807) is 13.0 Å². The molecule has 2 aliphatic heterocycles. The maximum atomic E-state index is 12.7. The quantitative estimate of drug-likeness (QED) is 0.864. The first kappa shape index (κ1) is 15.4. The minimum absolute atomic E-state index is 0. The fraction of sp³-hybridized carbons (Fsp3) is 0.615. The summed E-state index contributed by atoms with van der Waals surface area (Å²) in [6, 6.07) is 2.88. The first-order valence-corrected chi connectivity index (χ1v) is 6.40. The minimum atomic E-state index is -4.38. The molecule has 112 valence electrons. The third kappa shape index (κ3) is 2.72. The SMILES string of the molecule is Cc1cc(N2CC3(CCNC3)C2)cc(C(F)(F)F)n1.Cl. The molecular formula is C13H17ClF3N3. The topological polar surface area (TPSA) is 28.2 Å². The summed E-state index contributed by atoms with van der Waals surface area (Å²) in [5, 5.41) is 3.32. The van der Waals surface area contributed by atoms with Crippen LogP contribution >= 0.6 is 12.4 Å². The van der Waals surface area contributed by atoms with Crippen molar-refractivity contribution in [2.75, 3.05) is 31.1 Å². The molecule has 0 saturated carbocycles.